The number of amides is 2. The number of likely N-dealkylation sites (tertiary alicyclic amines) is 1. The number of benzene rings is 2. The first-order valence-corrected chi connectivity index (χ1v) is 12.3. The molecule has 0 unspecified atom stereocenters. The smallest absolute Gasteiger partial charge is 0.321 e. The fourth-order valence-corrected chi connectivity index (χ4v) is 5.60. The van der Waals surface area contributed by atoms with Crippen LogP contribution in [0.1, 0.15) is 36.8 Å². The summed E-state index contributed by atoms with van der Waals surface area (Å²) in [6.45, 7) is 0.999. The van der Waals surface area contributed by atoms with Gasteiger partial charge >= 0.3 is 6.03 Å². The molecule has 31 heavy (non-hydrogen) atoms. The lowest BCUT2D eigenvalue weighted by Crippen LogP contribution is -2.47. The molecule has 0 aromatic heterocycles. The normalized spacial score (nSPS) is 17.1. The lowest BCUT2D eigenvalue weighted by atomic mass is 9.92. The van der Waals surface area contributed by atoms with E-state index >= 15 is 0 Å². The molecule has 1 fully saturated rings. The van der Waals surface area contributed by atoms with E-state index in [1.54, 1.807) is 42.3 Å². The highest BCUT2D eigenvalue weighted by Gasteiger charge is 2.27. The van der Waals surface area contributed by atoms with Gasteiger partial charge in [-0.1, -0.05) is 6.07 Å². The molecule has 0 saturated carbocycles. The zero-order chi connectivity index (χ0) is 21.8. The molecule has 1 aliphatic heterocycles. The predicted octanol–water partition coefficient (Wildman–Crippen LogP) is 3.55. The Morgan fingerprint density at radius 2 is 1.68 bits per heavy atom. The van der Waals surface area contributed by atoms with Crippen LogP contribution in [0, 0.1) is 0 Å². The number of fused-ring (bicyclic) bond motifs is 1. The Morgan fingerprint density at radius 3 is 2.35 bits per heavy atom. The van der Waals surface area contributed by atoms with Crippen LogP contribution in [0.4, 0.5) is 10.5 Å². The third-order valence-electron chi connectivity index (χ3n) is 6.08. The highest BCUT2D eigenvalue weighted by Crippen LogP contribution is 2.25. The number of nitrogens with one attached hydrogen (secondary N) is 2. The van der Waals surface area contributed by atoms with E-state index in [-0.39, 0.29) is 12.1 Å². The largest absolute Gasteiger partial charge is 0.497 e. The second-order valence-corrected chi connectivity index (χ2v) is 9.89. The van der Waals surface area contributed by atoms with E-state index in [9.17, 15) is 13.2 Å². The molecule has 7 nitrogen and oxygen atoms in total. The molecule has 1 aliphatic carbocycles. The average molecular weight is 444 g/mol. The van der Waals surface area contributed by atoms with Crippen LogP contribution in [0.5, 0.6) is 5.75 Å². The van der Waals surface area contributed by atoms with Crippen molar-refractivity contribution < 1.29 is 17.9 Å². The van der Waals surface area contributed by atoms with Gasteiger partial charge in [0.25, 0.3) is 0 Å². The van der Waals surface area contributed by atoms with Crippen molar-refractivity contribution in [1.82, 2.24) is 9.62 Å². The van der Waals surface area contributed by atoms with Crippen molar-refractivity contribution in [2.75, 3.05) is 25.5 Å². The van der Waals surface area contributed by atoms with Gasteiger partial charge in [-0.2, -0.15) is 0 Å². The summed E-state index contributed by atoms with van der Waals surface area (Å²) in [4.78, 5) is 14.6. The van der Waals surface area contributed by atoms with E-state index in [1.165, 1.54) is 12.0 Å². The summed E-state index contributed by atoms with van der Waals surface area (Å²) in [5.74, 6) is 0.727. The molecular weight excluding hydrogens is 414 g/mol. The number of anilines is 1. The number of carbonyl (C=O) groups excluding carboxylic acids is 1. The van der Waals surface area contributed by atoms with Gasteiger partial charge < -0.3 is 15.0 Å². The number of ether oxygens (including phenoxy) is 1. The Balaban J connectivity index is 1.31. The van der Waals surface area contributed by atoms with Crippen LogP contribution in [0.25, 0.3) is 0 Å². The summed E-state index contributed by atoms with van der Waals surface area (Å²) in [7, 11) is -1.97. The fourth-order valence-electron chi connectivity index (χ4n) is 4.24. The molecule has 0 spiro atoms. The van der Waals surface area contributed by atoms with E-state index in [4.69, 9.17) is 4.74 Å². The predicted molar refractivity (Wildman–Crippen MR) is 120 cm³/mol. The van der Waals surface area contributed by atoms with Crippen molar-refractivity contribution in [2.24, 2.45) is 0 Å². The van der Waals surface area contributed by atoms with Gasteiger partial charge in [0.1, 0.15) is 5.75 Å². The van der Waals surface area contributed by atoms with E-state index in [0.717, 1.165) is 30.6 Å². The zero-order valence-corrected chi connectivity index (χ0v) is 18.6. The third kappa shape index (κ3) is 5.19. The summed E-state index contributed by atoms with van der Waals surface area (Å²) in [6.07, 6.45) is 5.42. The van der Waals surface area contributed by atoms with Gasteiger partial charge in [-0.3, -0.25) is 0 Å². The first-order valence-electron chi connectivity index (χ1n) is 10.8. The van der Waals surface area contributed by atoms with Gasteiger partial charge in [0.05, 0.1) is 12.0 Å². The van der Waals surface area contributed by atoms with Crippen molar-refractivity contribution in [3.05, 3.63) is 53.6 Å². The number of urea groups is 1. The second-order valence-electron chi connectivity index (χ2n) is 8.18. The highest BCUT2D eigenvalue weighted by atomic mass is 32.2. The van der Waals surface area contributed by atoms with Crippen LogP contribution in [-0.4, -0.2) is 45.6 Å². The molecule has 0 radical (unpaired) electrons. The fraction of sp³-hybridized carbons (Fsp3) is 0.435. The van der Waals surface area contributed by atoms with E-state index < -0.39 is 10.0 Å². The quantitative estimate of drug-likeness (QED) is 0.740. The number of sulfonamides is 1. The molecule has 2 amide bonds. The maximum absolute atomic E-state index is 12.9. The zero-order valence-electron chi connectivity index (χ0n) is 17.8. The summed E-state index contributed by atoms with van der Waals surface area (Å²) in [5.41, 5.74) is 3.11. The van der Waals surface area contributed by atoms with Crippen molar-refractivity contribution in [2.45, 2.75) is 49.5 Å². The molecule has 8 heteroatoms. The summed E-state index contributed by atoms with van der Waals surface area (Å²) >= 11 is 0. The molecule has 0 bridgehead atoms. The summed E-state index contributed by atoms with van der Waals surface area (Å²) < 4.78 is 33.7. The Bertz CT molecular complexity index is 1030. The van der Waals surface area contributed by atoms with Crippen LogP contribution in [0.15, 0.2) is 47.4 Å². The number of aryl methyl sites for hydroxylation is 2. The van der Waals surface area contributed by atoms with Gasteiger partial charge in [0.15, 0.2) is 0 Å². The molecule has 166 valence electrons. The minimum atomic E-state index is -3.57. The van der Waals surface area contributed by atoms with Crippen molar-refractivity contribution >= 4 is 21.7 Å². The highest BCUT2D eigenvalue weighted by molar-refractivity contribution is 7.89. The lowest BCUT2D eigenvalue weighted by molar-refractivity contribution is 0.193. The maximum Gasteiger partial charge on any atom is 0.321 e. The monoisotopic (exact) mass is 443 g/mol. The number of nitrogens with zero attached hydrogens (tertiary/aromatic N) is 1. The number of rotatable bonds is 5. The second kappa shape index (κ2) is 9.28. The van der Waals surface area contributed by atoms with Crippen LogP contribution in [-0.2, 0) is 22.9 Å². The molecule has 2 aromatic carbocycles. The number of piperidine rings is 1. The number of hydrogen-bond acceptors (Lipinski definition) is 4. The Labute approximate surface area is 183 Å². The van der Waals surface area contributed by atoms with Crippen molar-refractivity contribution in [3.63, 3.8) is 0 Å². The first-order chi connectivity index (χ1) is 14.9. The molecule has 2 N–H and O–H groups in total. The van der Waals surface area contributed by atoms with Crippen molar-refractivity contribution in [3.8, 4) is 5.75 Å². The maximum atomic E-state index is 12.9. The van der Waals surface area contributed by atoms with Crippen LogP contribution >= 0.6 is 0 Å². The van der Waals surface area contributed by atoms with Crippen molar-refractivity contribution in [1.29, 1.82) is 0 Å². The number of methoxy groups -OCH3 is 1. The van der Waals surface area contributed by atoms with Gasteiger partial charge in [-0.15, -0.1) is 0 Å². The molecule has 2 aliphatic rings. The number of hydrogen-bond donors (Lipinski definition) is 2. The molecule has 1 saturated heterocycles. The van der Waals surface area contributed by atoms with Crippen LogP contribution in [0.3, 0.4) is 0 Å². The molecule has 1 heterocycles. The Morgan fingerprint density at radius 1 is 1.00 bits per heavy atom. The molecule has 0 atom stereocenters. The number of carbonyl (C=O) groups is 1. The molecule has 4 rings (SSSR count). The van der Waals surface area contributed by atoms with Gasteiger partial charge in [0.2, 0.25) is 10.0 Å². The van der Waals surface area contributed by atoms with E-state index in [2.05, 4.69) is 10.0 Å². The minimum Gasteiger partial charge on any atom is -0.497 e. The van der Waals surface area contributed by atoms with Gasteiger partial charge in [-0.25, -0.2) is 17.9 Å². The Kier molecular flexibility index (Phi) is 6.48. The lowest BCUT2D eigenvalue weighted by Gasteiger charge is -2.32. The SMILES string of the molecule is COc1ccc(NC(=O)N2CCC(NS(=O)(=O)c3ccc4c(c3)CCCC4)CC2)cc1. The first kappa shape index (κ1) is 21.6. The van der Waals surface area contributed by atoms with Gasteiger partial charge in [-0.05, 0) is 86.1 Å². The topological polar surface area (TPSA) is 87.7 Å². The summed E-state index contributed by atoms with van der Waals surface area (Å²) in [5, 5.41) is 2.87. The third-order valence-corrected chi connectivity index (χ3v) is 7.59. The minimum absolute atomic E-state index is 0.175. The van der Waals surface area contributed by atoms with Crippen LogP contribution in [0.2, 0.25) is 0 Å². The standard InChI is InChI=1S/C23H29N3O4S/c1-30-21-9-7-19(8-10-21)24-23(27)26-14-12-20(13-15-26)25-31(28,29)22-11-6-17-4-2-3-5-18(17)16-22/h6-11,16,20,25H,2-5,12-15H2,1H3,(H,24,27). The summed E-state index contributed by atoms with van der Waals surface area (Å²) in [6, 6.07) is 12.3. The van der Waals surface area contributed by atoms with Crippen LogP contribution < -0.4 is 14.8 Å². The molecule has 2 aromatic rings. The van der Waals surface area contributed by atoms with E-state index in [1.807, 2.05) is 12.1 Å². The molecular formula is C23H29N3O4S. The average Bonchev–Trinajstić information content (AvgIpc) is 2.79. The van der Waals surface area contributed by atoms with Gasteiger partial charge in [0, 0.05) is 24.8 Å². The van der Waals surface area contributed by atoms with E-state index in [0.29, 0.717) is 36.5 Å². The Hall–Kier alpha value is -2.58.